The van der Waals surface area contributed by atoms with Gasteiger partial charge in [0.05, 0.1) is 0 Å². The molecule has 1 aromatic heterocycles. The van der Waals surface area contributed by atoms with Crippen LogP contribution < -0.4 is 5.32 Å². The van der Waals surface area contributed by atoms with E-state index in [1.807, 2.05) is 37.7 Å². The summed E-state index contributed by atoms with van der Waals surface area (Å²) in [6.07, 6.45) is 5.58. The van der Waals surface area contributed by atoms with Crippen LogP contribution in [0.5, 0.6) is 0 Å². The predicted octanol–water partition coefficient (Wildman–Crippen LogP) is 1.87. The van der Waals surface area contributed by atoms with Crippen LogP contribution in [-0.2, 0) is 11.3 Å². The van der Waals surface area contributed by atoms with E-state index in [2.05, 4.69) is 10.4 Å². The van der Waals surface area contributed by atoms with E-state index in [9.17, 15) is 4.79 Å². The summed E-state index contributed by atoms with van der Waals surface area (Å²) in [5, 5.41) is 7.68. The molecular formula is C15H26N4O2. The lowest BCUT2D eigenvalue weighted by atomic mass is 10.2. The highest BCUT2D eigenvalue weighted by atomic mass is 16.6. The summed E-state index contributed by atoms with van der Waals surface area (Å²) in [5.74, 6) is 0. The monoisotopic (exact) mass is 294 g/mol. The molecule has 6 heteroatoms. The molecule has 6 nitrogen and oxygen atoms in total. The number of aryl methyl sites for hydroxylation is 1. The average Bonchev–Trinajstić information content (AvgIpc) is 3.04. The van der Waals surface area contributed by atoms with Crippen molar-refractivity contribution in [2.45, 2.75) is 51.8 Å². The van der Waals surface area contributed by atoms with Crippen LogP contribution in [0.25, 0.3) is 0 Å². The van der Waals surface area contributed by atoms with Crippen molar-refractivity contribution in [1.82, 2.24) is 20.0 Å². The van der Waals surface area contributed by atoms with Crippen LogP contribution in [0, 0.1) is 0 Å². The smallest absolute Gasteiger partial charge is 0.410 e. The number of aromatic nitrogens is 2. The Labute approximate surface area is 126 Å². The van der Waals surface area contributed by atoms with E-state index < -0.39 is 5.60 Å². The van der Waals surface area contributed by atoms with Crippen molar-refractivity contribution in [3.8, 4) is 0 Å². The normalized spacial score (nSPS) is 19.0. The van der Waals surface area contributed by atoms with Gasteiger partial charge >= 0.3 is 6.09 Å². The van der Waals surface area contributed by atoms with Gasteiger partial charge in [-0.05, 0) is 46.2 Å². The molecule has 0 saturated carbocycles. The van der Waals surface area contributed by atoms with Crippen molar-refractivity contribution in [2.75, 3.05) is 19.6 Å². The molecule has 0 bridgehead atoms. The highest BCUT2D eigenvalue weighted by Gasteiger charge is 2.29. The van der Waals surface area contributed by atoms with Gasteiger partial charge in [0.2, 0.25) is 0 Å². The molecule has 2 rings (SSSR count). The van der Waals surface area contributed by atoms with Gasteiger partial charge in [-0.15, -0.1) is 0 Å². The molecule has 0 aromatic carbocycles. The highest BCUT2D eigenvalue weighted by molar-refractivity contribution is 5.68. The van der Waals surface area contributed by atoms with Gasteiger partial charge in [0, 0.05) is 38.1 Å². The lowest BCUT2D eigenvalue weighted by Gasteiger charge is -2.24. The number of carbonyl (C=O) groups excluding carboxylic acids is 1. The zero-order chi connectivity index (χ0) is 15.3. The number of hydrogen-bond acceptors (Lipinski definition) is 4. The van der Waals surface area contributed by atoms with Crippen molar-refractivity contribution in [3.05, 3.63) is 18.5 Å². The number of nitrogens with zero attached hydrogens (tertiary/aromatic N) is 3. The Morgan fingerprint density at radius 1 is 1.48 bits per heavy atom. The molecule has 1 fully saturated rings. The van der Waals surface area contributed by atoms with Crippen molar-refractivity contribution in [3.63, 3.8) is 0 Å². The third kappa shape index (κ3) is 5.38. The predicted molar refractivity (Wildman–Crippen MR) is 81.1 cm³/mol. The molecule has 0 radical (unpaired) electrons. The third-order valence-electron chi connectivity index (χ3n) is 3.40. The number of amides is 1. The van der Waals surface area contributed by atoms with E-state index >= 15 is 0 Å². The number of likely N-dealkylation sites (tertiary alicyclic amines) is 1. The lowest BCUT2D eigenvalue weighted by molar-refractivity contribution is 0.0291. The molecule has 2 heterocycles. The van der Waals surface area contributed by atoms with Crippen molar-refractivity contribution in [2.24, 2.45) is 0 Å². The molecule has 1 aliphatic rings. The number of ether oxygens (including phenoxy) is 1. The van der Waals surface area contributed by atoms with Gasteiger partial charge < -0.3 is 15.0 Å². The molecule has 1 atom stereocenters. The summed E-state index contributed by atoms with van der Waals surface area (Å²) >= 11 is 0. The molecule has 1 unspecified atom stereocenters. The van der Waals surface area contributed by atoms with Gasteiger partial charge in [-0.25, -0.2) is 4.79 Å². The second kappa shape index (κ2) is 6.93. The molecule has 1 amide bonds. The molecule has 1 aromatic rings. The quantitative estimate of drug-likeness (QED) is 0.842. The number of nitrogens with one attached hydrogen (secondary N) is 1. The highest BCUT2D eigenvalue weighted by Crippen LogP contribution is 2.15. The van der Waals surface area contributed by atoms with Crippen LogP contribution >= 0.6 is 0 Å². The second-order valence-corrected chi connectivity index (χ2v) is 6.49. The maximum absolute atomic E-state index is 12.0. The number of rotatable bonds is 5. The Bertz CT molecular complexity index is 439. The summed E-state index contributed by atoms with van der Waals surface area (Å²) < 4.78 is 7.33. The zero-order valence-corrected chi connectivity index (χ0v) is 13.2. The van der Waals surface area contributed by atoms with Gasteiger partial charge in [-0.1, -0.05) is 0 Å². The first kappa shape index (κ1) is 15.8. The molecule has 1 N–H and O–H groups in total. The first-order chi connectivity index (χ1) is 9.94. The van der Waals surface area contributed by atoms with Crippen molar-refractivity contribution in [1.29, 1.82) is 0 Å². The molecule has 1 aliphatic heterocycles. The standard InChI is InChI=1S/C15H26N4O2/c1-15(2,3)21-14(20)18-11-6-13(12-18)16-7-4-9-19-10-5-8-17-19/h5,8,10,13,16H,4,6-7,9,11-12H2,1-3H3. The van der Waals surface area contributed by atoms with Crippen molar-refractivity contribution < 1.29 is 9.53 Å². The summed E-state index contributed by atoms with van der Waals surface area (Å²) in [7, 11) is 0. The Morgan fingerprint density at radius 3 is 2.95 bits per heavy atom. The Hall–Kier alpha value is -1.56. The minimum atomic E-state index is -0.424. The summed E-state index contributed by atoms with van der Waals surface area (Å²) in [6.45, 7) is 9.04. The summed E-state index contributed by atoms with van der Waals surface area (Å²) in [5.41, 5.74) is -0.424. The van der Waals surface area contributed by atoms with Crippen LogP contribution in [0.4, 0.5) is 4.79 Å². The van der Waals surface area contributed by atoms with Gasteiger partial charge in [-0.2, -0.15) is 5.10 Å². The third-order valence-corrected chi connectivity index (χ3v) is 3.40. The Morgan fingerprint density at radius 2 is 2.29 bits per heavy atom. The largest absolute Gasteiger partial charge is 0.444 e. The average molecular weight is 294 g/mol. The maximum atomic E-state index is 12.0. The zero-order valence-electron chi connectivity index (χ0n) is 13.2. The minimum Gasteiger partial charge on any atom is -0.444 e. The van der Waals surface area contributed by atoms with E-state index in [1.165, 1.54) is 0 Å². The van der Waals surface area contributed by atoms with Crippen LogP contribution in [0.3, 0.4) is 0 Å². The van der Waals surface area contributed by atoms with Crippen LogP contribution in [0.2, 0.25) is 0 Å². The molecule has 118 valence electrons. The van der Waals surface area contributed by atoms with E-state index in [4.69, 9.17) is 4.74 Å². The topological polar surface area (TPSA) is 59.4 Å². The molecule has 1 saturated heterocycles. The fraction of sp³-hybridized carbons (Fsp3) is 0.733. The lowest BCUT2D eigenvalue weighted by Crippen LogP contribution is -2.38. The fourth-order valence-electron chi connectivity index (χ4n) is 2.40. The van der Waals surface area contributed by atoms with Gasteiger partial charge in [0.15, 0.2) is 0 Å². The number of hydrogen-bond donors (Lipinski definition) is 1. The van der Waals surface area contributed by atoms with Gasteiger partial charge in [0.25, 0.3) is 0 Å². The van der Waals surface area contributed by atoms with E-state index in [0.29, 0.717) is 6.04 Å². The Balaban J connectivity index is 1.62. The van der Waals surface area contributed by atoms with Gasteiger partial charge in [-0.3, -0.25) is 4.68 Å². The van der Waals surface area contributed by atoms with Crippen LogP contribution in [-0.4, -0.2) is 52.1 Å². The summed E-state index contributed by atoms with van der Waals surface area (Å²) in [6, 6.07) is 2.30. The first-order valence-electron chi connectivity index (χ1n) is 7.63. The second-order valence-electron chi connectivity index (χ2n) is 6.49. The van der Waals surface area contributed by atoms with E-state index in [1.54, 1.807) is 11.1 Å². The van der Waals surface area contributed by atoms with Crippen molar-refractivity contribution >= 4 is 6.09 Å². The van der Waals surface area contributed by atoms with Crippen LogP contribution in [0.15, 0.2) is 18.5 Å². The van der Waals surface area contributed by atoms with Crippen LogP contribution in [0.1, 0.15) is 33.6 Å². The molecule has 21 heavy (non-hydrogen) atoms. The molecular weight excluding hydrogens is 268 g/mol. The minimum absolute atomic E-state index is 0.205. The van der Waals surface area contributed by atoms with E-state index in [-0.39, 0.29) is 6.09 Å². The molecule has 0 aliphatic carbocycles. The first-order valence-corrected chi connectivity index (χ1v) is 7.63. The summed E-state index contributed by atoms with van der Waals surface area (Å²) in [4.78, 5) is 13.7. The van der Waals surface area contributed by atoms with Gasteiger partial charge in [0.1, 0.15) is 5.60 Å². The fourth-order valence-corrected chi connectivity index (χ4v) is 2.40. The van der Waals surface area contributed by atoms with E-state index in [0.717, 1.165) is 39.0 Å². The molecule has 0 spiro atoms. The Kier molecular flexibility index (Phi) is 5.22. The number of carbonyl (C=O) groups is 1. The maximum Gasteiger partial charge on any atom is 0.410 e. The SMILES string of the molecule is CC(C)(C)OC(=O)N1CCC(NCCCn2cccn2)C1.